The third kappa shape index (κ3) is 5.61. The van der Waals surface area contributed by atoms with Crippen LogP contribution in [0.25, 0.3) is 6.08 Å². The monoisotopic (exact) mass is 427 g/mol. The maximum Gasteiger partial charge on any atom is 0.414 e. The minimum Gasteiger partial charge on any atom is -0.442 e. The Kier molecular flexibility index (Phi) is 6.74. The highest BCUT2D eigenvalue weighted by molar-refractivity contribution is 6.30. The Morgan fingerprint density at radius 3 is 2.63 bits per heavy atom. The van der Waals surface area contributed by atoms with Gasteiger partial charge in [0.25, 0.3) is 0 Å². The average Bonchev–Trinajstić information content (AvgIpc) is 3.08. The van der Waals surface area contributed by atoms with E-state index in [0.29, 0.717) is 22.9 Å². The summed E-state index contributed by atoms with van der Waals surface area (Å²) in [5.41, 5.74) is 3.07. The van der Waals surface area contributed by atoms with Crippen LogP contribution in [-0.4, -0.2) is 37.1 Å². The zero-order chi connectivity index (χ0) is 21.7. The highest BCUT2D eigenvalue weighted by atomic mass is 35.5. The van der Waals surface area contributed by atoms with E-state index in [1.807, 2.05) is 6.92 Å². The number of amides is 3. The van der Waals surface area contributed by atoms with Gasteiger partial charge in [-0.3, -0.25) is 14.5 Å². The number of ether oxygens (including phenoxy) is 1. The van der Waals surface area contributed by atoms with Crippen molar-refractivity contribution < 1.29 is 19.1 Å². The van der Waals surface area contributed by atoms with Crippen LogP contribution in [0.1, 0.15) is 18.1 Å². The van der Waals surface area contributed by atoms with E-state index in [0.717, 1.165) is 11.1 Å². The number of nitrogens with zero attached hydrogens (tertiary/aromatic N) is 1. The lowest BCUT2D eigenvalue weighted by atomic mass is 10.1. The third-order valence-corrected chi connectivity index (χ3v) is 4.77. The van der Waals surface area contributed by atoms with E-state index in [4.69, 9.17) is 16.3 Å². The molecule has 0 saturated carbocycles. The van der Waals surface area contributed by atoms with Gasteiger partial charge in [0.2, 0.25) is 11.8 Å². The minimum absolute atomic E-state index is 0.170. The molecule has 3 rings (SSSR count). The van der Waals surface area contributed by atoms with Gasteiger partial charge in [-0.05, 0) is 54.5 Å². The number of anilines is 2. The highest BCUT2D eigenvalue weighted by Gasteiger charge is 2.32. The molecule has 8 heteroatoms. The van der Waals surface area contributed by atoms with Gasteiger partial charge in [-0.2, -0.15) is 0 Å². The van der Waals surface area contributed by atoms with Gasteiger partial charge in [0.15, 0.2) is 0 Å². The summed E-state index contributed by atoms with van der Waals surface area (Å²) >= 11 is 5.92. The van der Waals surface area contributed by atoms with Crippen LogP contribution in [0.4, 0.5) is 16.2 Å². The van der Waals surface area contributed by atoms with Crippen LogP contribution in [0.2, 0.25) is 5.02 Å². The summed E-state index contributed by atoms with van der Waals surface area (Å²) in [5.74, 6) is -0.427. The van der Waals surface area contributed by atoms with Gasteiger partial charge in [-0.1, -0.05) is 23.7 Å². The normalized spacial score (nSPS) is 15.9. The lowest BCUT2D eigenvalue weighted by Gasteiger charge is -2.13. The minimum atomic E-state index is -0.452. The van der Waals surface area contributed by atoms with Crippen molar-refractivity contribution in [2.45, 2.75) is 20.0 Å². The first-order chi connectivity index (χ1) is 14.3. The lowest BCUT2D eigenvalue weighted by Crippen LogP contribution is -2.33. The molecule has 0 spiro atoms. The Morgan fingerprint density at radius 2 is 1.97 bits per heavy atom. The zero-order valence-corrected chi connectivity index (χ0v) is 17.4. The fourth-order valence-corrected chi connectivity index (χ4v) is 3.20. The van der Waals surface area contributed by atoms with Gasteiger partial charge < -0.3 is 15.4 Å². The summed E-state index contributed by atoms with van der Waals surface area (Å²) in [6, 6.07) is 12.4. The van der Waals surface area contributed by atoms with E-state index in [2.05, 4.69) is 10.6 Å². The van der Waals surface area contributed by atoms with Crippen molar-refractivity contribution in [3.63, 3.8) is 0 Å². The van der Waals surface area contributed by atoms with E-state index in [9.17, 15) is 14.4 Å². The lowest BCUT2D eigenvalue weighted by molar-refractivity contribution is -0.119. The third-order valence-electron chi connectivity index (χ3n) is 4.53. The number of hydrogen-bond donors (Lipinski definition) is 2. The van der Waals surface area contributed by atoms with Crippen LogP contribution in [0.3, 0.4) is 0 Å². The first-order valence-electron chi connectivity index (χ1n) is 9.39. The van der Waals surface area contributed by atoms with Gasteiger partial charge in [-0.25, -0.2) is 4.79 Å². The van der Waals surface area contributed by atoms with Gasteiger partial charge in [0.05, 0.1) is 13.1 Å². The molecule has 0 aliphatic carbocycles. The number of cyclic esters (lactones) is 1. The maximum atomic E-state index is 12.2. The topological polar surface area (TPSA) is 87.7 Å². The molecule has 1 heterocycles. The number of halogens is 1. The van der Waals surface area contributed by atoms with Crippen molar-refractivity contribution in [3.05, 3.63) is 64.7 Å². The molecule has 0 bridgehead atoms. The van der Waals surface area contributed by atoms with Crippen molar-refractivity contribution in [1.82, 2.24) is 5.32 Å². The largest absolute Gasteiger partial charge is 0.442 e. The quantitative estimate of drug-likeness (QED) is 0.687. The Balaban J connectivity index is 1.58. The van der Waals surface area contributed by atoms with Gasteiger partial charge >= 0.3 is 6.09 Å². The zero-order valence-electron chi connectivity index (χ0n) is 16.6. The fraction of sp³-hybridized carbons (Fsp3) is 0.227. The summed E-state index contributed by atoms with van der Waals surface area (Å²) in [7, 11) is 0. The second kappa shape index (κ2) is 9.45. The summed E-state index contributed by atoms with van der Waals surface area (Å²) in [6.45, 7) is 3.92. The van der Waals surface area contributed by atoms with Gasteiger partial charge in [-0.15, -0.1) is 0 Å². The summed E-state index contributed by atoms with van der Waals surface area (Å²) in [5, 5.41) is 6.07. The molecular formula is C22H22ClN3O4. The number of nitrogens with one attached hydrogen (secondary N) is 2. The van der Waals surface area contributed by atoms with E-state index >= 15 is 0 Å². The number of hydrogen-bond acceptors (Lipinski definition) is 4. The molecule has 1 aliphatic heterocycles. The number of rotatable bonds is 6. The second-order valence-electron chi connectivity index (χ2n) is 6.93. The predicted octanol–water partition coefficient (Wildman–Crippen LogP) is 3.76. The molecular weight excluding hydrogens is 406 g/mol. The Hall–Kier alpha value is -3.32. The molecule has 2 N–H and O–H groups in total. The summed E-state index contributed by atoms with van der Waals surface area (Å²) < 4.78 is 5.26. The van der Waals surface area contributed by atoms with Crippen LogP contribution in [0.5, 0.6) is 0 Å². The number of benzene rings is 2. The summed E-state index contributed by atoms with van der Waals surface area (Å²) in [6.07, 6.45) is 2.29. The van der Waals surface area contributed by atoms with Gasteiger partial charge in [0.1, 0.15) is 6.10 Å². The molecule has 30 heavy (non-hydrogen) atoms. The number of aryl methyl sites for hydroxylation is 1. The molecule has 0 radical (unpaired) electrons. The number of carbonyl (C=O) groups is 3. The SMILES string of the molecule is CC(=O)NCC1CN(c2ccc(/C=C\C(=O)Nc3ccc(Cl)cc3C)cc2)C(=O)O1. The molecule has 1 atom stereocenters. The van der Waals surface area contributed by atoms with E-state index in [1.54, 1.807) is 48.5 Å². The van der Waals surface area contributed by atoms with E-state index < -0.39 is 6.09 Å². The fourth-order valence-electron chi connectivity index (χ4n) is 2.98. The standard InChI is InChI=1S/C22H22ClN3O4/c1-14-11-17(23)6-9-20(14)25-21(28)10-5-16-3-7-18(8-4-16)26-13-19(30-22(26)29)12-24-15(2)27/h3-11,19H,12-13H2,1-2H3,(H,24,27)(H,25,28)/b10-5-. The molecule has 1 aliphatic rings. The van der Waals surface area contributed by atoms with Crippen molar-refractivity contribution in [1.29, 1.82) is 0 Å². The Morgan fingerprint density at radius 1 is 1.23 bits per heavy atom. The van der Waals surface area contributed by atoms with Crippen molar-refractivity contribution in [2.24, 2.45) is 0 Å². The van der Waals surface area contributed by atoms with E-state index in [1.165, 1.54) is 17.9 Å². The van der Waals surface area contributed by atoms with Crippen LogP contribution in [0.15, 0.2) is 48.5 Å². The molecule has 1 saturated heterocycles. The summed E-state index contributed by atoms with van der Waals surface area (Å²) in [4.78, 5) is 36.7. The Labute approximate surface area is 179 Å². The molecule has 2 aromatic rings. The number of carbonyl (C=O) groups excluding carboxylic acids is 3. The predicted molar refractivity (Wildman–Crippen MR) is 117 cm³/mol. The van der Waals surface area contributed by atoms with Crippen LogP contribution < -0.4 is 15.5 Å². The highest BCUT2D eigenvalue weighted by Crippen LogP contribution is 2.23. The molecule has 7 nitrogen and oxygen atoms in total. The molecule has 156 valence electrons. The second-order valence-corrected chi connectivity index (χ2v) is 7.36. The molecule has 1 fully saturated rings. The van der Waals surface area contributed by atoms with Crippen molar-refractivity contribution >= 4 is 47.0 Å². The van der Waals surface area contributed by atoms with Crippen molar-refractivity contribution in [3.8, 4) is 0 Å². The van der Waals surface area contributed by atoms with Crippen molar-refractivity contribution in [2.75, 3.05) is 23.3 Å². The molecule has 2 aromatic carbocycles. The Bertz CT molecular complexity index is 988. The van der Waals surface area contributed by atoms with Crippen LogP contribution in [-0.2, 0) is 14.3 Å². The molecule has 3 amide bonds. The maximum absolute atomic E-state index is 12.2. The van der Waals surface area contributed by atoms with E-state index in [-0.39, 0.29) is 24.5 Å². The van der Waals surface area contributed by atoms with Crippen LogP contribution >= 0.6 is 11.6 Å². The average molecular weight is 428 g/mol. The molecule has 0 aromatic heterocycles. The first kappa shape index (κ1) is 21.4. The van der Waals surface area contributed by atoms with Gasteiger partial charge in [0, 0.05) is 29.4 Å². The smallest absolute Gasteiger partial charge is 0.414 e. The first-order valence-corrected chi connectivity index (χ1v) is 9.77. The molecule has 1 unspecified atom stereocenters. The van der Waals surface area contributed by atoms with Crippen LogP contribution in [0, 0.1) is 6.92 Å².